The smallest absolute Gasteiger partial charge is 0.290 e. The van der Waals surface area contributed by atoms with Crippen molar-refractivity contribution in [2.75, 3.05) is 18.5 Å². The Hall–Kier alpha value is -1.71. The highest BCUT2D eigenvalue weighted by Crippen LogP contribution is 2.15. The quantitative estimate of drug-likeness (QED) is 0.871. The summed E-state index contributed by atoms with van der Waals surface area (Å²) in [4.78, 5) is 21.2. The van der Waals surface area contributed by atoms with Crippen molar-refractivity contribution >= 4 is 21.9 Å². The number of pyridine rings is 1. The fourth-order valence-electron chi connectivity index (χ4n) is 2.00. The van der Waals surface area contributed by atoms with Crippen LogP contribution in [0.15, 0.2) is 23.2 Å². The molecule has 0 radical (unpaired) electrons. The SMILES string of the molecule is CC(C)(C)NS(=O)(=O)c1ccc(NC(=O)N2CCCCO2)nc1. The average molecular weight is 342 g/mol. The minimum atomic E-state index is -3.64. The molecule has 0 aliphatic carbocycles. The van der Waals surface area contributed by atoms with E-state index in [-0.39, 0.29) is 10.7 Å². The molecular formula is C14H22N4O4S. The molecule has 8 nitrogen and oxygen atoms in total. The number of urea groups is 1. The van der Waals surface area contributed by atoms with E-state index in [4.69, 9.17) is 4.84 Å². The third kappa shape index (κ3) is 5.15. The summed E-state index contributed by atoms with van der Waals surface area (Å²) in [7, 11) is -3.64. The maximum Gasteiger partial charge on any atom is 0.346 e. The van der Waals surface area contributed by atoms with Crippen molar-refractivity contribution in [3.8, 4) is 0 Å². The molecule has 0 unspecified atom stereocenters. The van der Waals surface area contributed by atoms with Crippen LogP contribution >= 0.6 is 0 Å². The van der Waals surface area contributed by atoms with Crippen molar-refractivity contribution in [2.24, 2.45) is 0 Å². The molecule has 0 spiro atoms. The van der Waals surface area contributed by atoms with Crippen LogP contribution in [0, 0.1) is 0 Å². The first-order valence-electron chi connectivity index (χ1n) is 7.39. The summed E-state index contributed by atoms with van der Waals surface area (Å²) in [6, 6.07) is 2.42. The maximum absolute atomic E-state index is 12.2. The summed E-state index contributed by atoms with van der Waals surface area (Å²) < 4.78 is 26.9. The van der Waals surface area contributed by atoms with Gasteiger partial charge in [-0.3, -0.25) is 10.2 Å². The van der Waals surface area contributed by atoms with Gasteiger partial charge in [-0.15, -0.1) is 0 Å². The molecule has 128 valence electrons. The van der Waals surface area contributed by atoms with Crippen molar-refractivity contribution < 1.29 is 18.0 Å². The van der Waals surface area contributed by atoms with Gasteiger partial charge in [-0.2, -0.15) is 0 Å². The lowest BCUT2D eigenvalue weighted by Crippen LogP contribution is -2.40. The van der Waals surface area contributed by atoms with Gasteiger partial charge in [-0.25, -0.2) is 28.0 Å². The van der Waals surface area contributed by atoms with Crippen molar-refractivity contribution in [1.82, 2.24) is 14.8 Å². The van der Waals surface area contributed by atoms with E-state index in [1.807, 2.05) is 0 Å². The van der Waals surface area contributed by atoms with Gasteiger partial charge in [0.1, 0.15) is 10.7 Å². The molecule has 1 aliphatic rings. The molecule has 2 heterocycles. The molecule has 1 fully saturated rings. The minimum absolute atomic E-state index is 0.0413. The van der Waals surface area contributed by atoms with Gasteiger partial charge in [0.15, 0.2) is 0 Å². The molecule has 0 bridgehead atoms. The number of nitrogens with one attached hydrogen (secondary N) is 2. The molecule has 1 aromatic rings. The highest BCUT2D eigenvalue weighted by molar-refractivity contribution is 7.89. The largest absolute Gasteiger partial charge is 0.346 e. The van der Waals surface area contributed by atoms with Crippen LogP contribution in [-0.4, -0.2) is 43.2 Å². The molecule has 0 aromatic carbocycles. The van der Waals surface area contributed by atoms with Crippen LogP contribution in [-0.2, 0) is 14.9 Å². The number of hydrogen-bond donors (Lipinski definition) is 2. The van der Waals surface area contributed by atoms with E-state index in [9.17, 15) is 13.2 Å². The van der Waals surface area contributed by atoms with Crippen LogP contribution < -0.4 is 10.0 Å². The summed E-state index contributed by atoms with van der Waals surface area (Å²) in [6.45, 7) is 6.30. The van der Waals surface area contributed by atoms with E-state index in [0.717, 1.165) is 12.8 Å². The van der Waals surface area contributed by atoms with Gasteiger partial charge in [0, 0.05) is 11.7 Å². The van der Waals surface area contributed by atoms with E-state index in [1.165, 1.54) is 23.4 Å². The Labute approximate surface area is 136 Å². The molecule has 1 aromatic heterocycles. The topological polar surface area (TPSA) is 101 Å². The van der Waals surface area contributed by atoms with Crippen molar-refractivity contribution in [3.63, 3.8) is 0 Å². The number of hydroxylamine groups is 2. The summed E-state index contributed by atoms with van der Waals surface area (Å²) in [6.07, 6.45) is 3.02. The number of carbonyl (C=O) groups excluding carboxylic acids is 1. The van der Waals surface area contributed by atoms with E-state index >= 15 is 0 Å². The highest BCUT2D eigenvalue weighted by Gasteiger charge is 2.23. The second-order valence-corrected chi connectivity index (χ2v) is 7.99. The molecule has 9 heteroatoms. The molecule has 0 saturated carbocycles. The van der Waals surface area contributed by atoms with Crippen LogP contribution in [0.25, 0.3) is 0 Å². The molecule has 2 amide bonds. The summed E-state index contributed by atoms with van der Waals surface area (Å²) in [5.41, 5.74) is -0.586. The van der Waals surface area contributed by atoms with Gasteiger partial charge in [0.25, 0.3) is 0 Å². The predicted octanol–water partition coefficient (Wildman–Crippen LogP) is 1.72. The fourth-order valence-corrected chi connectivity index (χ4v) is 3.37. The van der Waals surface area contributed by atoms with Crippen LogP contribution in [0.5, 0.6) is 0 Å². The lowest BCUT2D eigenvalue weighted by Gasteiger charge is -2.25. The van der Waals surface area contributed by atoms with Crippen LogP contribution in [0.3, 0.4) is 0 Å². The molecule has 1 saturated heterocycles. The molecular weight excluding hydrogens is 320 g/mol. The number of hydrogen-bond acceptors (Lipinski definition) is 5. The van der Waals surface area contributed by atoms with E-state index < -0.39 is 21.6 Å². The average Bonchev–Trinajstić information content (AvgIpc) is 2.46. The van der Waals surface area contributed by atoms with Gasteiger partial charge in [-0.1, -0.05) is 0 Å². The standard InChI is InChI=1S/C14H22N4O4S/c1-14(2,3)17-23(20,21)11-6-7-12(15-10-11)16-13(19)18-8-4-5-9-22-18/h6-7,10,17H,4-5,8-9H2,1-3H3,(H,15,16,19). The number of aromatic nitrogens is 1. The first-order valence-corrected chi connectivity index (χ1v) is 8.87. The molecule has 2 rings (SSSR count). The fraction of sp³-hybridized carbons (Fsp3) is 0.571. The predicted molar refractivity (Wildman–Crippen MR) is 85.2 cm³/mol. The van der Waals surface area contributed by atoms with Gasteiger partial charge in [-0.05, 0) is 45.7 Å². The zero-order valence-corrected chi connectivity index (χ0v) is 14.3. The second-order valence-electron chi connectivity index (χ2n) is 6.31. The Balaban J connectivity index is 2.03. The lowest BCUT2D eigenvalue weighted by molar-refractivity contribution is -0.135. The highest BCUT2D eigenvalue weighted by atomic mass is 32.2. The Morgan fingerprint density at radius 3 is 2.57 bits per heavy atom. The second kappa shape index (κ2) is 6.81. The van der Waals surface area contributed by atoms with Crippen molar-refractivity contribution in [1.29, 1.82) is 0 Å². The van der Waals surface area contributed by atoms with Crippen LogP contribution in [0.1, 0.15) is 33.6 Å². The van der Waals surface area contributed by atoms with Crippen molar-refractivity contribution in [3.05, 3.63) is 18.3 Å². The van der Waals surface area contributed by atoms with Gasteiger partial charge >= 0.3 is 6.03 Å². The maximum atomic E-state index is 12.2. The zero-order valence-electron chi connectivity index (χ0n) is 13.5. The van der Waals surface area contributed by atoms with E-state index in [0.29, 0.717) is 13.2 Å². The molecule has 23 heavy (non-hydrogen) atoms. The number of rotatable bonds is 3. The van der Waals surface area contributed by atoms with Gasteiger partial charge < -0.3 is 0 Å². The first kappa shape index (κ1) is 17.6. The molecule has 0 atom stereocenters. The molecule has 2 N–H and O–H groups in total. The number of sulfonamides is 1. The van der Waals surface area contributed by atoms with Crippen LogP contribution in [0.2, 0.25) is 0 Å². The van der Waals surface area contributed by atoms with Gasteiger partial charge in [0.2, 0.25) is 10.0 Å². The zero-order chi connectivity index (χ0) is 17.1. The van der Waals surface area contributed by atoms with E-state index in [1.54, 1.807) is 20.8 Å². The third-order valence-electron chi connectivity index (χ3n) is 2.95. The lowest BCUT2D eigenvalue weighted by atomic mass is 10.1. The van der Waals surface area contributed by atoms with E-state index in [2.05, 4.69) is 15.0 Å². The number of carbonyl (C=O) groups is 1. The van der Waals surface area contributed by atoms with Crippen molar-refractivity contribution in [2.45, 2.75) is 44.0 Å². The number of nitrogens with zero attached hydrogens (tertiary/aromatic N) is 2. The Morgan fingerprint density at radius 2 is 2.04 bits per heavy atom. The van der Waals surface area contributed by atoms with Crippen LogP contribution in [0.4, 0.5) is 10.6 Å². The Bertz CT molecular complexity index is 646. The number of amides is 2. The normalized spacial score (nSPS) is 16.2. The number of anilines is 1. The first-order chi connectivity index (χ1) is 10.7. The minimum Gasteiger partial charge on any atom is -0.290 e. The van der Waals surface area contributed by atoms with Gasteiger partial charge in [0.05, 0.1) is 13.2 Å². The summed E-state index contributed by atoms with van der Waals surface area (Å²) in [5.74, 6) is 0.263. The monoisotopic (exact) mass is 342 g/mol. The molecule has 1 aliphatic heterocycles. The Kier molecular flexibility index (Phi) is 5.23. The summed E-state index contributed by atoms with van der Waals surface area (Å²) in [5, 5.41) is 3.82. The summed E-state index contributed by atoms with van der Waals surface area (Å²) >= 11 is 0. The third-order valence-corrected chi connectivity index (χ3v) is 4.69. The Morgan fingerprint density at radius 1 is 1.30 bits per heavy atom.